The third-order valence-corrected chi connectivity index (χ3v) is 2.83. The number of hydrogen-bond donors (Lipinski definition) is 0. The Bertz CT molecular complexity index is 197. The van der Waals surface area contributed by atoms with Crippen molar-refractivity contribution in [1.29, 1.82) is 0 Å². The molecule has 1 atom stereocenters. The third kappa shape index (κ3) is 3.46. The molecule has 1 saturated heterocycles. The van der Waals surface area contributed by atoms with E-state index in [1.165, 1.54) is 0 Å². The van der Waals surface area contributed by atoms with E-state index < -0.39 is 0 Å². The maximum atomic E-state index is 11.6. The molecule has 14 heavy (non-hydrogen) atoms. The molecule has 0 spiro atoms. The normalized spacial score (nSPS) is 22.0. The highest BCUT2D eigenvalue weighted by Crippen LogP contribution is 2.17. The van der Waals surface area contributed by atoms with Crippen molar-refractivity contribution in [2.75, 3.05) is 25.6 Å². The second-order valence-corrected chi connectivity index (χ2v) is 4.32. The second kappa shape index (κ2) is 5.56. The van der Waals surface area contributed by atoms with Crippen molar-refractivity contribution < 1.29 is 9.53 Å². The zero-order chi connectivity index (χ0) is 10.6. The van der Waals surface area contributed by atoms with Gasteiger partial charge in [-0.1, -0.05) is 0 Å². The minimum absolute atomic E-state index is 0.0892. The summed E-state index contributed by atoms with van der Waals surface area (Å²) in [6.07, 6.45) is 1.14. The molecule has 4 heteroatoms. The first-order valence-electron chi connectivity index (χ1n) is 5.08. The number of alkyl halides is 1. The average Bonchev–Trinajstić information content (AvgIpc) is 2.62. The lowest BCUT2D eigenvalue weighted by molar-refractivity contribution is -0.136. The van der Waals surface area contributed by atoms with Crippen molar-refractivity contribution in [3.63, 3.8) is 0 Å². The number of nitrogens with zero attached hydrogens (tertiary/aromatic N) is 1. The summed E-state index contributed by atoms with van der Waals surface area (Å²) >= 11 is 5.74. The van der Waals surface area contributed by atoms with Crippen LogP contribution in [0.5, 0.6) is 0 Å². The Hall–Kier alpha value is -0.280. The van der Waals surface area contributed by atoms with Gasteiger partial charge in [0.15, 0.2) is 0 Å². The van der Waals surface area contributed by atoms with Gasteiger partial charge in [0.2, 0.25) is 5.91 Å². The topological polar surface area (TPSA) is 29.5 Å². The van der Waals surface area contributed by atoms with Crippen LogP contribution < -0.4 is 0 Å². The van der Waals surface area contributed by atoms with Gasteiger partial charge in [-0.15, -0.1) is 11.6 Å². The van der Waals surface area contributed by atoms with E-state index in [0.717, 1.165) is 19.5 Å². The van der Waals surface area contributed by atoms with Crippen LogP contribution in [-0.2, 0) is 9.53 Å². The molecule has 1 aliphatic heterocycles. The summed E-state index contributed by atoms with van der Waals surface area (Å²) in [5, 5.41) is 0. The molecule has 0 aliphatic carbocycles. The summed E-state index contributed by atoms with van der Waals surface area (Å²) < 4.78 is 5.26. The third-order valence-electron chi connectivity index (χ3n) is 2.40. The summed E-state index contributed by atoms with van der Waals surface area (Å²) in [5.41, 5.74) is 0. The number of ether oxygens (including phenoxy) is 1. The van der Waals surface area contributed by atoms with Crippen molar-refractivity contribution in [3.05, 3.63) is 0 Å². The molecule has 0 N–H and O–H groups in total. The average molecular weight is 220 g/mol. The number of halogens is 1. The molecule has 1 unspecified atom stereocenters. The maximum Gasteiger partial charge on any atom is 0.248 e. The largest absolute Gasteiger partial charge is 0.369 e. The molecule has 1 aliphatic rings. The van der Waals surface area contributed by atoms with Crippen LogP contribution in [0.25, 0.3) is 0 Å². The first-order chi connectivity index (χ1) is 6.63. The van der Waals surface area contributed by atoms with Gasteiger partial charge in [-0.25, -0.2) is 0 Å². The number of rotatable bonds is 4. The predicted octanol–water partition coefficient (Wildman–Crippen LogP) is 1.50. The molecule has 0 saturated carbocycles. The summed E-state index contributed by atoms with van der Waals surface area (Å²) in [6.45, 7) is 5.69. The number of amides is 1. The van der Waals surface area contributed by atoms with Gasteiger partial charge < -0.3 is 9.64 Å². The fraction of sp³-hybridized carbons (Fsp3) is 0.900. The molecule has 1 amide bonds. The lowest BCUT2D eigenvalue weighted by atomic mass is 10.2. The molecule has 0 aromatic heterocycles. The van der Waals surface area contributed by atoms with Crippen LogP contribution in [0.4, 0.5) is 0 Å². The molecule has 82 valence electrons. The summed E-state index contributed by atoms with van der Waals surface area (Å²) in [7, 11) is 0. The van der Waals surface area contributed by atoms with E-state index in [9.17, 15) is 4.79 Å². The summed E-state index contributed by atoms with van der Waals surface area (Å²) in [5.74, 6) is 1.21. The highest BCUT2D eigenvalue weighted by atomic mass is 35.5. The van der Waals surface area contributed by atoms with Crippen LogP contribution in [0.2, 0.25) is 0 Å². The lowest BCUT2D eigenvalue weighted by Crippen LogP contribution is -2.33. The van der Waals surface area contributed by atoms with Gasteiger partial charge in [0, 0.05) is 19.0 Å². The van der Waals surface area contributed by atoms with Crippen LogP contribution in [0, 0.1) is 5.92 Å². The zero-order valence-electron chi connectivity index (χ0n) is 8.83. The van der Waals surface area contributed by atoms with Crippen LogP contribution in [0.3, 0.4) is 0 Å². The van der Waals surface area contributed by atoms with E-state index in [1.54, 1.807) is 0 Å². The fourth-order valence-corrected chi connectivity index (χ4v) is 1.77. The maximum absolute atomic E-state index is 11.6. The van der Waals surface area contributed by atoms with Gasteiger partial charge in [-0.2, -0.15) is 0 Å². The SMILES string of the molecule is CC(C)OCC(=O)N1CCC(CCl)C1. The number of hydrogen-bond acceptors (Lipinski definition) is 2. The molecule has 0 bridgehead atoms. The van der Waals surface area contributed by atoms with Crippen LogP contribution in [0.1, 0.15) is 20.3 Å². The van der Waals surface area contributed by atoms with E-state index in [1.807, 2.05) is 18.7 Å². The van der Waals surface area contributed by atoms with E-state index >= 15 is 0 Å². The first kappa shape index (κ1) is 11.8. The Balaban J connectivity index is 2.25. The Morgan fingerprint density at radius 2 is 2.36 bits per heavy atom. The zero-order valence-corrected chi connectivity index (χ0v) is 9.59. The van der Waals surface area contributed by atoms with Crippen molar-refractivity contribution in [2.45, 2.75) is 26.4 Å². The number of carbonyl (C=O) groups excluding carboxylic acids is 1. The van der Waals surface area contributed by atoms with E-state index in [0.29, 0.717) is 11.8 Å². The standard InChI is InChI=1S/C10H18ClNO2/c1-8(2)14-7-10(13)12-4-3-9(5-11)6-12/h8-9H,3-7H2,1-2H3. The number of carbonyl (C=O) groups is 1. The lowest BCUT2D eigenvalue weighted by Gasteiger charge is -2.16. The van der Waals surface area contributed by atoms with Crippen LogP contribution in [0.15, 0.2) is 0 Å². The highest BCUT2D eigenvalue weighted by molar-refractivity contribution is 6.18. The smallest absolute Gasteiger partial charge is 0.248 e. The van der Waals surface area contributed by atoms with Gasteiger partial charge in [0.1, 0.15) is 6.61 Å². The van der Waals surface area contributed by atoms with E-state index in [4.69, 9.17) is 16.3 Å². The van der Waals surface area contributed by atoms with Crippen molar-refractivity contribution >= 4 is 17.5 Å². The molecule has 0 aromatic rings. The van der Waals surface area contributed by atoms with Crippen LogP contribution >= 0.6 is 11.6 Å². The van der Waals surface area contributed by atoms with Crippen LogP contribution in [-0.4, -0.2) is 42.5 Å². The molecule has 0 aromatic carbocycles. The highest BCUT2D eigenvalue weighted by Gasteiger charge is 2.25. The molecule has 1 fully saturated rings. The van der Waals surface area contributed by atoms with Crippen molar-refractivity contribution in [2.24, 2.45) is 5.92 Å². The van der Waals surface area contributed by atoms with Gasteiger partial charge in [0.25, 0.3) is 0 Å². The molecule has 1 rings (SSSR count). The van der Waals surface area contributed by atoms with E-state index in [-0.39, 0.29) is 18.6 Å². The Kier molecular flexibility index (Phi) is 4.69. The molecular formula is C10H18ClNO2. The summed E-state index contributed by atoms with van der Waals surface area (Å²) in [4.78, 5) is 13.4. The Morgan fingerprint density at radius 3 is 2.86 bits per heavy atom. The molecule has 0 radical (unpaired) electrons. The fourth-order valence-electron chi connectivity index (χ4n) is 1.51. The Labute approximate surface area is 90.4 Å². The van der Waals surface area contributed by atoms with Gasteiger partial charge in [0.05, 0.1) is 6.10 Å². The minimum Gasteiger partial charge on any atom is -0.369 e. The summed E-state index contributed by atoms with van der Waals surface area (Å²) in [6, 6.07) is 0. The molecule has 3 nitrogen and oxygen atoms in total. The minimum atomic E-state index is 0.0892. The molecular weight excluding hydrogens is 202 g/mol. The van der Waals surface area contributed by atoms with Gasteiger partial charge in [-0.05, 0) is 26.2 Å². The quantitative estimate of drug-likeness (QED) is 0.671. The van der Waals surface area contributed by atoms with Gasteiger partial charge >= 0.3 is 0 Å². The second-order valence-electron chi connectivity index (χ2n) is 4.01. The first-order valence-corrected chi connectivity index (χ1v) is 5.62. The van der Waals surface area contributed by atoms with Gasteiger partial charge in [-0.3, -0.25) is 4.79 Å². The van der Waals surface area contributed by atoms with Crippen molar-refractivity contribution in [1.82, 2.24) is 4.90 Å². The Morgan fingerprint density at radius 1 is 1.64 bits per heavy atom. The van der Waals surface area contributed by atoms with E-state index in [2.05, 4.69) is 0 Å². The van der Waals surface area contributed by atoms with Crippen molar-refractivity contribution in [3.8, 4) is 0 Å². The monoisotopic (exact) mass is 219 g/mol. The molecule has 1 heterocycles. The predicted molar refractivity (Wildman–Crippen MR) is 56.5 cm³/mol. The number of likely N-dealkylation sites (tertiary alicyclic amines) is 1.